The van der Waals surface area contributed by atoms with Gasteiger partial charge >= 0.3 is 17.8 Å². The monoisotopic (exact) mass is 574 g/mol. The number of benzene rings is 2. The summed E-state index contributed by atoms with van der Waals surface area (Å²) in [6.07, 6.45) is -2.66. The highest BCUT2D eigenvalue weighted by Gasteiger charge is 2.48. The number of rotatable bonds is 12. The van der Waals surface area contributed by atoms with Crippen LogP contribution in [0.1, 0.15) is 55.9 Å². The Bertz CT molecular complexity index is 1470. The van der Waals surface area contributed by atoms with E-state index >= 15 is 0 Å². The van der Waals surface area contributed by atoms with E-state index < -0.39 is 28.9 Å². The van der Waals surface area contributed by atoms with Crippen molar-refractivity contribution in [2.24, 2.45) is 0 Å². The Labute approximate surface area is 235 Å². The number of ether oxygens (including phenoxy) is 2. The highest BCUT2D eigenvalue weighted by molar-refractivity contribution is 6.07. The van der Waals surface area contributed by atoms with Gasteiger partial charge in [-0.1, -0.05) is 57.0 Å². The molecular weight excluding hydrogens is 541 g/mol. The van der Waals surface area contributed by atoms with Crippen LogP contribution in [-0.4, -0.2) is 43.2 Å². The van der Waals surface area contributed by atoms with Crippen molar-refractivity contribution >= 4 is 22.9 Å². The van der Waals surface area contributed by atoms with E-state index in [2.05, 4.69) is 5.32 Å². The topological polar surface area (TPSA) is 98.1 Å². The minimum absolute atomic E-state index is 0.0383. The molecule has 2 aromatic carbocycles. The zero-order valence-corrected chi connectivity index (χ0v) is 23.2. The lowest BCUT2D eigenvalue weighted by Crippen LogP contribution is -2.41. The minimum Gasteiger partial charge on any atom is -0.490 e. The summed E-state index contributed by atoms with van der Waals surface area (Å²) in [4.78, 5) is 38.7. The number of hydrogen-bond acceptors (Lipinski definition) is 6. The summed E-state index contributed by atoms with van der Waals surface area (Å²) >= 11 is 0. The third-order valence-corrected chi connectivity index (χ3v) is 7.04. The van der Waals surface area contributed by atoms with Gasteiger partial charge in [0.25, 0.3) is 5.91 Å². The number of carbonyl (C=O) groups excluding carboxylic acids is 2. The molecule has 0 saturated carbocycles. The van der Waals surface area contributed by atoms with Gasteiger partial charge in [0.15, 0.2) is 0 Å². The van der Waals surface area contributed by atoms with Crippen molar-refractivity contribution in [1.29, 1.82) is 0 Å². The van der Waals surface area contributed by atoms with Crippen molar-refractivity contribution in [3.63, 3.8) is 0 Å². The fourth-order valence-corrected chi connectivity index (χ4v) is 5.08. The molecule has 2 heterocycles. The quantitative estimate of drug-likeness (QED) is 0.172. The van der Waals surface area contributed by atoms with E-state index in [1.54, 1.807) is 31.2 Å². The lowest BCUT2D eigenvalue weighted by molar-refractivity contribution is -0.136. The fourth-order valence-electron chi connectivity index (χ4n) is 5.08. The van der Waals surface area contributed by atoms with E-state index in [0.29, 0.717) is 54.2 Å². The Hall–Kier alpha value is -3.86. The van der Waals surface area contributed by atoms with E-state index in [0.717, 1.165) is 4.90 Å². The fraction of sp³-hybridized carbons (Fsp3) is 0.433. The van der Waals surface area contributed by atoms with Gasteiger partial charge in [0.05, 0.1) is 25.3 Å². The van der Waals surface area contributed by atoms with Crippen molar-refractivity contribution in [1.82, 2.24) is 10.2 Å². The molecular formula is C30H33F3N2O6. The Morgan fingerprint density at radius 1 is 0.976 bits per heavy atom. The number of nitrogens with one attached hydrogen (secondary N) is 1. The number of halogens is 3. The highest BCUT2D eigenvalue weighted by Crippen LogP contribution is 2.40. The molecule has 0 spiro atoms. The summed E-state index contributed by atoms with van der Waals surface area (Å²) in [5, 5.41) is 2.58. The van der Waals surface area contributed by atoms with Crippen LogP contribution in [0.15, 0.2) is 51.7 Å². The Morgan fingerprint density at radius 2 is 1.68 bits per heavy atom. The molecule has 1 fully saturated rings. The number of fused-ring (bicyclic) bond motifs is 1. The molecule has 0 radical (unpaired) electrons. The largest absolute Gasteiger partial charge is 0.490 e. The van der Waals surface area contributed by atoms with Crippen molar-refractivity contribution in [3.8, 4) is 5.75 Å². The smallest absolute Gasteiger partial charge is 0.417 e. The lowest BCUT2D eigenvalue weighted by atomic mass is 9.92. The molecule has 8 nitrogen and oxygen atoms in total. The number of aryl methyl sites for hydroxylation is 2. The average molecular weight is 575 g/mol. The number of imide groups is 1. The predicted octanol–water partition coefficient (Wildman–Crippen LogP) is 5.58. The summed E-state index contributed by atoms with van der Waals surface area (Å²) in [5.41, 5.74) is -1.72. The normalized spacial score (nSPS) is 17.4. The predicted molar refractivity (Wildman–Crippen MR) is 146 cm³/mol. The van der Waals surface area contributed by atoms with Crippen LogP contribution in [0, 0.1) is 0 Å². The maximum Gasteiger partial charge on any atom is 0.417 e. The zero-order valence-electron chi connectivity index (χ0n) is 23.2. The van der Waals surface area contributed by atoms with E-state index in [-0.39, 0.29) is 43.2 Å². The molecule has 1 atom stereocenters. The molecule has 1 aromatic heterocycles. The van der Waals surface area contributed by atoms with Crippen molar-refractivity contribution in [3.05, 3.63) is 75.1 Å². The molecule has 0 aliphatic carbocycles. The summed E-state index contributed by atoms with van der Waals surface area (Å²) in [7, 11) is 0. The molecule has 1 saturated heterocycles. The van der Waals surface area contributed by atoms with Crippen LogP contribution in [0.4, 0.5) is 18.0 Å². The first-order chi connectivity index (χ1) is 19.5. The zero-order chi connectivity index (χ0) is 29.8. The van der Waals surface area contributed by atoms with Gasteiger partial charge in [0, 0.05) is 17.0 Å². The lowest BCUT2D eigenvalue weighted by Gasteiger charge is -2.22. The van der Waals surface area contributed by atoms with Crippen LogP contribution in [0.5, 0.6) is 5.75 Å². The number of amides is 3. The minimum atomic E-state index is -4.72. The molecule has 1 aliphatic rings. The third-order valence-electron chi connectivity index (χ3n) is 7.04. The van der Waals surface area contributed by atoms with E-state index in [1.165, 1.54) is 6.07 Å². The second-order valence-electron chi connectivity index (χ2n) is 10.0. The first-order valence-corrected chi connectivity index (χ1v) is 13.6. The molecule has 220 valence electrons. The Balaban J connectivity index is 1.45. The van der Waals surface area contributed by atoms with Crippen molar-refractivity contribution in [2.75, 3.05) is 26.4 Å². The maximum absolute atomic E-state index is 13.8. The summed E-state index contributed by atoms with van der Waals surface area (Å²) in [6.45, 7) is 5.70. The van der Waals surface area contributed by atoms with E-state index in [4.69, 9.17) is 13.9 Å². The maximum atomic E-state index is 13.8. The molecule has 1 N–H and O–H groups in total. The molecule has 3 amide bonds. The van der Waals surface area contributed by atoms with Gasteiger partial charge in [-0.15, -0.1) is 0 Å². The van der Waals surface area contributed by atoms with Crippen LogP contribution >= 0.6 is 0 Å². The molecule has 11 heteroatoms. The second kappa shape index (κ2) is 12.3. The van der Waals surface area contributed by atoms with E-state index in [1.807, 2.05) is 19.9 Å². The Kier molecular flexibility index (Phi) is 9.06. The summed E-state index contributed by atoms with van der Waals surface area (Å²) in [6, 6.07) is 10.3. The number of nitrogens with zero attached hydrogens (tertiary/aromatic N) is 1. The number of carbonyl (C=O) groups is 2. The number of hydrogen-bond donors (Lipinski definition) is 1. The van der Waals surface area contributed by atoms with Gasteiger partial charge in [0.2, 0.25) is 0 Å². The third kappa shape index (κ3) is 6.24. The molecule has 1 unspecified atom stereocenters. The first-order valence-electron chi connectivity index (χ1n) is 13.6. The van der Waals surface area contributed by atoms with Crippen LogP contribution in [0.25, 0.3) is 11.0 Å². The van der Waals surface area contributed by atoms with Gasteiger partial charge in [-0.05, 0) is 37.0 Å². The Morgan fingerprint density at radius 3 is 2.34 bits per heavy atom. The second-order valence-corrected chi connectivity index (χ2v) is 10.0. The molecule has 0 bridgehead atoms. The first kappa shape index (κ1) is 30.1. The molecule has 1 aliphatic heterocycles. The van der Waals surface area contributed by atoms with Crippen molar-refractivity contribution in [2.45, 2.75) is 58.2 Å². The summed E-state index contributed by atoms with van der Waals surface area (Å²) < 4.78 is 58.2. The van der Waals surface area contributed by atoms with Gasteiger partial charge in [-0.3, -0.25) is 9.69 Å². The standard InChI is InChI=1S/C30H33F3N2O6/c1-4-9-19-17-22-23(30(31,32)33)18-24(36)41-26(22)21(10-5-2)25(19)40-16-15-39-14-13-35-27(37)29(3,34-28(35)38)20-11-7-6-8-12-20/h6-8,11-12,17-18H,4-5,9-10,13-16H2,1-3H3,(H,34,38). The molecule has 3 aromatic rings. The van der Waals surface area contributed by atoms with Crippen LogP contribution in [-0.2, 0) is 34.1 Å². The highest BCUT2D eigenvalue weighted by atomic mass is 19.4. The van der Waals surface area contributed by atoms with Gasteiger partial charge < -0.3 is 19.2 Å². The molecule has 4 rings (SSSR count). The van der Waals surface area contributed by atoms with Crippen LogP contribution in [0.3, 0.4) is 0 Å². The number of alkyl halides is 3. The summed E-state index contributed by atoms with van der Waals surface area (Å²) in [5.74, 6) is 0.0119. The van der Waals surface area contributed by atoms with E-state index in [9.17, 15) is 27.6 Å². The van der Waals surface area contributed by atoms with Gasteiger partial charge in [0.1, 0.15) is 23.5 Å². The van der Waals surface area contributed by atoms with Crippen molar-refractivity contribution < 1.29 is 36.7 Å². The van der Waals surface area contributed by atoms with Gasteiger partial charge in [-0.25, -0.2) is 9.59 Å². The SMILES string of the molecule is CCCc1cc2c(C(F)(F)F)cc(=O)oc2c(CCC)c1OCCOCCN1C(=O)NC(C)(c2ccccc2)C1=O. The average Bonchev–Trinajstić information content (AvgIpc) is 3.15. The van der Waals surface area contributed by atoms with Crippen LogP contribution in [0.2, 0.25) is 0 Å². The van der Waals surface area contributed by atoms with Crippen LogP contribution < -0.4 is 15.7 Å². The van der Waals surface area contributed by atoms with Gasteiger partial charge in [-0.2, -0.15) is 13.2 Å². The molecule has 41 heavy (non-hydrogen) atoms. The number of urea groups is 1.